The van der Waals surface area contributed by atoms with Gasteiger partial charge in [-0.1, -0.05) is 0 Å². The molecule has 4 bridgehead atoms. The van der Waals surface area contributed by atoms with Crippen molar-refractivity contribution in [2.75, 3.05) is 5.32 Å². The first-order valence-corrected chi connectivity index (χ1v) is 8.01. The summed E-state index contributed by atoms with van der Waals surface area (Å²) in [6.07, 6.45) is 7.73. The van der Waals surface area contributed by atoms with Crippen LogP contribution in [0.25, 0.3) is 0 Å². The van der Waals surface area contributed by atoms with Crippen LogP contribution in [-0.2, 0) is 5.41 Å². The van der Waals surface area contributed by atoms with E-state index in [1.807, 2.05) is 13.8 Å². The Hall–Kier alpha value is -1.19. The molecule has 0 aromatic carbocycles. The zero-order valence-corrected chi connectivity index (χ0v) is 12.4. The Morgan fingerprint density at radius 2 is 1.70 bits per heavy atom. The summed E-state index contributed by atoms with van der Waals surface area (Å²) in [6.45, 7) is 4.09. The fourth-order valence-corrected chi connectivity index (χ4v) is 5.35. The van der Waals surface area contributed by atoms with Crippen molar-refractivity contribution in [2.24, 2.45) is 17.8 Å². The number of nitrogens with zero attached hydrogens (tertiary/aromatic N) is 1. The first kappa shape index (κ1) is 12.5. The van der Waals surface area contributed by atoms with E-state index in [1.54, 1.807) is 0 Å². The highest BCUT2D eigenvalue weighted by molar-refractivity contribution is 5.35. The Labute approximate surface area is 120 Å². The summed E-state index contributed by atoms with van der Waals surface area (Å²) in [4.78, 5) is 4.19. The molecule has 1 aromatic heterocycles. The van der Waals surface area contributed by atoms with Gasteiger partial charge in [-0.3, -0.25) is 0 Å². The molecular formula is C16H24N2O2. The maximum atomic E-state index is 10.3. The molecule has 110 valence electrons. The van der Waals surface area contributed by atoms with Crippen molar-refractivity contribution in [3.63, 3.8) is 0 Å². The Kier molecular flexibility index (Phi) is 2.60. The van der Waals surface area contributed by atoms with Crippen LogP contribution in [0.15, 0.2) is 4.42 Å². The van der Waals surface area contributed by atoms with Gasteiger partial charge in [-0.05, 0) is 70.1 Å². The van der Waals surface area contributed by atoms with Crippen molar-refractivity contribution >= 4 is 6.01 Å². The van der Waals surface area contributed by atoms with Crippen LogP contribution in [0.5, 0.6) is 5.88 Å². The average molecular weight is 276 g/mol. The molecule has 4 aliphatic rings. The lowest BCUT2D eigenvalue weighted by molar-refractivity contribution is -0.0161. The minimum absolute atomic E-state index is 0.0722. The quantitative estimate of drug-likeness (QED) is 0.884. The SMILES string of the molecule is CC(C)Nc1nc(O)c(C23CC4CC(CC(C4)C2)C3)o1. The van der Waals surface area contributed by atoms with E-state index in [2.05, 4.69) is 10.3 Å². The molecule has 4 fully saturated rings. The third-order valence-electron chi connectivity index (χ3n) is 5.54. The lowest BCUT2D eigenvalue weighted by Crippen LogP contribution is -2.48. The predicted octanol–water partition coefficient (Wildman–Crippen LogP) is 3.67. The highest BCUT2D eigenvalue weighted by Crippen LogP contribution is 2.62. The Morgan fingerprint density at radius 1 is 1.15 bits per heavy atom. The number of aromatic nitrogens is 1. The molecule has 5 rings (SSSR count). The zero-order chi connectivity index (χ0) is 13.9. The van der Waals surface area contributed by atoms with Crippen LogP contribution < -0.4 is 5.32 Å². The lowest BCUT2D eigenvalue weighted by atomic mass is 9.49. The maximum absolute atomic E-state index is 10.3. The molecule has 0 spiro atoms. The second-order valence-electron chi connectivity index (χ2n) is 7.67. The summed E-state index contributed by atoms with van der Waals surface area (Å²) in [7, 11) is 0. The highest BCUT2D eigenvalue weighted by atomic mass is 16.4. The fourth-order valence-electron chi connectivity index (χ4n) is 5.35. The number of nitrogens with one attached hydrogen (secondary N) is 1. The molecule has 1 heterocycles. The van der Waals surface area contributed by atoms with E-state index in [0.29, 0.717) is 6.01 Å². The van der Waals surface area contributed by atoms with Crippen molar-refractivity contribution in [2.45, 2.75) is 63.8 Å². The zero-order valence-electron chi connectivity index (χ0n) is 12.4. The summed E-state index contributed by atoms with van der Waals surface area (Å²) in [5.41, 5.74) is 0.0722. The fraction of sp³-hybridized carbons (Fsp3) is 0.812. The Bertz CT molecular complexity index is 485. The van der Waals surface area contributed by atoms with Crippen LogP contribution in [0.3, 0.4) is 0 Å². The number of aromatic hydroxyl groups is 1. The Balaban J connectivity index is 1.68. The molecule has 0 amide bonds. The largest absolute Gasteiger partial charge is 0.491 e. The van der Waals surface area contributed by atoms with E-state index < -0.39 is 0 Å². The van der Waals surface area contributed by atoms with Gasteiger partial charge in [0.2, 0.25) is 0 Å². The molecule has 0 unspecified atom stereocenters. The van der Waals surface area contributed by atoms with Gasteiger partial charge in [0.25, 0.3) is 11.9 Å². The first-order valence-electron chi connectivity index (χ1n) is 8.01. The number of hydrogen-bond acceptors (Lipinski definition) is 4. The molecule has 1 aromatic rings. The molecule has 0 atom stereocenters. The first-order chi connectivity index (χ1) is 9.54. The van der Waals surface area contributed by atoms with E-state index >= 15 is 0 Å². The van der Waals surface area contributed by atoms with Gasteiger partial charge in [0.15, 0.2) is 5.76 Å². The van der Waals surface area contributed by atoms with Crippen molar-refractivity contribution in [3.05, 3.63) is 5.76 Å². The van der Waals surface area contributed by atoms with Crippen molar-refractivity contribution < 1.29 is 9.52 Å². The summed E-state index contributed by atoms with van der Waals surface area (Å²) in [6, 6.07) is 0.737. The predicted molar refractivity (Wildman–Crippen MR) is 76.8 cm³/mol. The van der Waals surface area contributed by atoms with Crippen LogP contribution >= 0.6 is 0 Å². The van der Waals surface area contributed by atoms with Gasteiger partial charge in [0.05, 0.1) is 0 Å². The number of hydrogen-bond donors (Lipinski definition) is 2. The third-order valence-corrected chi connectivity index (χ3v) is 5.54. The van der Waals surface area contributed by atoms with Crippen molar-refractivity contribution in [3.8, 4) is 5.88 Å². The molecule has 4 heteroatoms. The van der Waals surface area contributed by atoms with Crippen LogP contribution in [-0.4, -0.2) is 16.1 Å². The molecule has 4 saturated carbocycles. The second-order valence-corrected chi connectivity index (χ2v) is 7.67. The van der Waals surface area contributed by atoms with Crippen LogP contribution in [0.4, 0.5) is 6.01 Å². The van der Waals surface area contributed by atoms with Gasteiger partial charge < -0.3 is 14.8 Å². The Morgan fingerprint density at radius 3 is 2.20 bits per heavy atom. The van der Waals surface area contributed by atoms with Gasteiger partial charge in [-0.2, -0.15) is 4.98 Å². The van der Waals surface area contributed by atoms with Crippen LogP contribution in [0, 0.1) is 17.8 Å². The monoisotopic (exact) mass is 276 g/mol. The standard InChI is InChI=1S/C16H24N2O2/c1-9(2)17-15-18-14(19)13(20-15)16-6-10-3-11(7-16)5-12(4-10)8-16/h9-12,19H,3-8H2,1-2H3,(H,17,18). The highest BCUT2D eigenvalue weighted by Gasteiger charge is 2.54. The normalized spacial score (nSPS) is 38.6. The minimum Gasteiger partial charge on any atom is -0.491 e. The molecule has 0 aliphatic heterocycles. The summed E-state index contributed by atoms with van der Waals surface area (Å²) in [5.74, 6) is 3.40. The molecule has 4 aliphatic carbocycles. The van der Waals surface area contributed by atoms with Gasteiger partial charge in [-0.15, -0.1) is 0 Å². The average Bonchev–Trinajstić information content (AvgIpc) is 2.68. The number of oxazole rings is 1. The summed E-state index contributed by atoms with van der Waals surface area (Å²) < 4.78 is 5.94. The van der Waals surface area contributed by atoms with Crippen LogP contribution in [0.2, 0.25) is 0 Å². The van der Waals surface area contributed by atoms with E-state index in [0.717, 1.165) is 23.5 Å². The molecule has 20 heavy (non-hydrogen) atoms. The van der Waals surface area contributed by atoms with E-state index in [1.165, 1.54) is 38.5 Å². The molecule has 0 saturated heterocycles. The van der Waals surface area contributed by atoms with Gasteiger partial charge in [0.1, 0.15) is 0 Å². The van der Waals surface area contributed by atoms with Crippen LogP contribution in [0.1, 0.15) is 58.1 Å². The van der Waals surface area contributed by atoms with Crippen molar-refractivity contribution in [1.82, 2.24) is 4.98 Å². The molecule has 2 N–H and O–H groups in total. The lowest BCUT2D eigenvalue weighted by Gasteiger charge is -2.55. The van der Waals surface area contributed by atoms with E-state index in [9.17, 15) is 5.11 Å². The van der Waals surface area contributed by atoms with E-state index in [4.69, 9.17) is 4.42 Å². The number of rotatable bonds is 3. The number of anilines is 1. The minimum atomic E-state index is 0.0722. The maximum Gasteiger partial charge on any atom is 0.298 e. The third kappa shape index (κ3) is 1.84. The topological polar surface area (TPSA) is 58.3 Å². The van der Waals surface area contributed by atoms with E-state index in [-0.39, 0.29) is 17.3 Å². The summed E-state index contributed by atoms with van der Waals surface area (Å²) in [5, 5.41) is 13.4. The van der Waals surface area contributed by atoms with Gasteiger partial charge in [-0.25, -0.2) is 0 Å². The summed E-state index contributed by atoms with van der Waals surface area (Å²) >= 11 is 0. The smallest absolute Gasteiger partial charge is 0.298 e. The van der Waals surface area contributed by atoms with Gasteiger partial charge in [0, 0.05) is 11.5 Å². The van der Waals surface area contributed by atoms with Crippen molar-refractivity contribution in [1.29, 1.82) is 0 Å². The van der Waals surface area contributed by atoms with Gasteiger partial charge >= 0.3 is 0 Å². The second kappa shape index (κ2) is 4.15. The molecular weight excluding hydrogens is 252 g/mol. The molecule has 4 nitrogen and oxygen atoms in total. The molecule has 0 radical (unpaired) electrons.